The lowest BCUT2D eigenvalue weighted by atomic mass is 9.85. The van der Waals surface area contributed by atoms with Crippen LogP contribution in [0.1, 0.15) is 25.0 Å². The van der Waals surface area contributed by atoms with Crippen LogP contribution in [0.5, 0.6) is 0 Å². The van der Waals surface area contributed by atoms with Gasteiger partial charge in [-0.15, -0.1) is 0 Å². The molecule has 0 aliphatic rings. The zero-order chi connectivity index (χ0) is 19.4. The number of rotatable bonds is 1. The molecular formula is C27H21Cl. The highest BCUT2D eigenvalue weighted by molar-refractivity contribution is 6.35. The number of hydrogen-bond acceptors (Lipinski definition) is 0. The van der Waals surface area contributed by atoms with Crippen LogP contribution in [0.4, 0.5) is 0 Å². The summed E-state index contributed by atoms with van der Waals surface area (Å²) in [5.41, 5.74) is 3.88. The van der Waals surface area contributed by atoms with Crippen molar-refractivity contribution in [3.8, 4) is 0 Å². The van der Waals surface area contributed by atoms with Crippen LogP contribution >= 0.6 is 11.6 Å². The van der Waals surface area contributed by atoms with Crippen LogP contribution in [-0.2, 0) is 0 Å². The predicted molar refractivity (Wildman–Crippen MR) is 126 cm³/mol. The number of fused-ring (bicyclic) bond motifs is 8. The zero-order valence-electron chi connectivity index (χ0n) is 16.3. The first kappa shape index (κ1) is 17.3. The quantitative estimate of drug-likeness (QED) is 0.255. The van der Waals surface area contributed by atoms with E-state index in [0.717, 1.165) is 5.02 Å². The topological polar surface area (TPSA) is 0 Å². The van der Waals surface area contributed by atoms with Crippen molar-refractivity contribution in [2.24, 2.45) is 0 Å². The number of hydrogen-bond donors (Lipinski definition) is 0. The summed E-state index contributed by atoms with van der Waals surface area (Å²) in [5.74, 6) is 0. The van der Waals surface area contributed by atoms with Gasteiger partial charge in [-0.25, -0.2) is 0 Å². The summed E-state index contributed by atoms with van der Waals surface area (Å²) in [5, 5.41) is 11.1. The van der Waals surface area contributed by atoms with Crippen LogP contribution in [0.15, 0.2) is 72.3 Å². The molecular weight excluding hydrogens is 360 g/mol. The SMILES string of the molecule is CC(C)=Cc1c(C)c2cc(Cl)ccc2c2c3ccccc3c3ccccc3c12. The van der Waals surface area contributed by atoms with Gasteiger partial charge < -0.3 is 0 Å². The molecule has 0 bridgehead atoms. The fourth-order valence-corrected chi connectivity index (χ4v) is 4.72. The van der Waals surface area contributed by atoms with Gasteiger partial charge in [-0.2, -0.15) is 0 Å². The summed E-state index contributed by atoms with van der Waals surface area (Å²) in [6, 6.07) is 23.8. The molecule has 0 aliphatic carbocycles. The van der Waals surface area contributed by atoms with Crippen molar-refractivity contribution in [3.05, 3.63) is 88.5 Å². The Morgan fingerprint density at radius 1 is 0.679 bits per heavy atom. The number of aryl methyl sites for hydroxylation is 1. The van der Waals surface area contributed by atoms with Crippen molar-refractivity contribution < 1.29 is 0 Å². The van der Waals surface area contributed by atoms with Crippen molar-refractivity contribution in [3.63, 3.8) is 0 Å². The third kappa shape index (κ3) is 2.45. The lowest BCUT2D eigenvalue weighted by Crippen LogP contribution is -1.93. The average Bonchev–Trinajstić information content (AvgIpc) is 2.70. The van der Waals surface area contributed by atoms with Gasteiger partial charge in [0.1, 0.15) is 0 Å². The lowest BCUT2D eigenvalue weighted by Gasteiger charge is -2.18. The monoisotopic (exact) mass is 380 g/mol. The maximum Gasteiger partial charge on any atom is 0.0412 e. The third-order valence-electron chi connectivity index (χ3n) is 5.69. The Morgan fingerprint density at radius 2 is 1.21 bits per heavy atom. The average molecular weight is 381 g/mol. The van der Waals surface area contributed by atoms with E-state index in [1.165, 1.54) is 59.8 Å². The summed E-state index contributed by atoms with van der Waals surface area (Å²) >= 11 is 6.40. The van der Waals surface area contributed by atoms with Crippen LogP contribution in [0, 0.1) is 6.92 Å². The van der Waals surface area contributed by atoms with Crippen molar-refractivity contribution in [2.75, 3.05) is 0 Å². The smallest absolute Gasteiger partial charge is 0.0412 e. The molecule has 0 heterocycles. The number of benzene rings is 5. The Balaban J connectivity index is 2.24. The molecule has 0 aromatic heterocycles. The van der Waals surface area contributed by atoms with Crippen molar-refractivity contribution in [1.82, 2.24) is 0 Å². The van der Waals surface area contributed by atoms with Crippen LogP contribution in [0.2, 0.25) is 5.02 Å². The van der Waals surface area contributed by atoms with E-state index >= 15 is 0 Å². The van der Waals surface area contributed by atoms with E-state index in [4.69, 9.17) is 11.6 Å². The number of allylic oxidation sites excluding steroid dienone is 1. The second-order valence-corrected chi connectivity index (χ2v) is 8.23. The van der Waals surface area contributed by atoms with Gasteiger partial charge >= 0.3 is 0 Å². The predicted octanol–water partition coefficient (Wildman–Crippen LogP) is 8.68. The molecule has 5 rings (SSSR count). The van der Waals surface area contributed by atoms with E-state index in [1.807, 2.05) is 6.07 Å². The Hall–Kier alpha value is -2.83. The first-order chi connectivity index (χ1) is 13.6. The molecule has 28 heavy (non-hydrogen) atoms. The van der Waals surface area contributed by atoms with Crippen LogP contribution in [0.25, 0.3) is 49.2 Å². The fourth-order valence-electron chi connectivity index (χ4n) is 4.55. The molecule has 0 amide bonds. The Kier molecular flexibility index (Phi) is 3.92. The van der Waals surface area contributed by atoms with Gasteiger partial charge in [0.05, 0.1) is 0 Å². The van der Waals surface area contributed by atoms with Crippen molar-refractivity contribution >= 4 is 60.8 Å². The Morgan fingerprint density at radius 3 is 1.82 bits per heavy atom. The van der Waals surface area contributed by atoms with E-state index in [2.05, 4.69) is 87.5 Å². The molecule has 1 heteroatoms. The summed E-state index contributed by atoms with van der Waals surface area (Å²) in [6.07, 6.45) is 2.32. The van der Waals surface area contributed by atoms with Crippen molar-refractivity contribution in [1.29, 1.82) is 0 Å². The van der Waals surface area contributed by atoms with Gasteiger partial charge in [-0.1, -0.05) is 77.8 Å². The van der Waals surface area contributed by atoms with E-state index in [0.29, 0.717) is 0 Å². The van der Waals surface area contributed by atoms with Gasteiger partial charge in [0, 0.05) is 5.02 Å². The van der Waals surface area contributed by atoms with Crippen LogP contribution in [0.3, 0.4) is 0 Å². The maximum absolute atomic E-state index is 6.40. The van der Waals surface area contributed by atoms with E-state index in [1.54, 1.807) is 0 Å². The van der Waals surface area contributed by atoms with E-state index in [-0.39, 0.29) is 0 Å². The molecule has 0 fully saturated rings. The highest BCUT2D eigenvalue weighted by Gasteiger charge is 2.16. The largest absolute Gasteiger partial charge is 0.0843 e. The van der Waals surface area contributed by atoms with Gasteiger partial charge in [0.25, 0.3) is 0 Å². The molecule has 0 aliphatic heterocycles. The molecule has 0 N–H and O–H groups in total. The normalized spacial score (nSPS) is 11.6. The Labute approximate surface area is 170 Å². The molecule has 136 valence electrons. The fraction of sp³-hybridized carbons (Fsp3) is 0.111. The summed E-state index contributed by atoms with van der Waals surface area (Å²) in [4.78, 5) is 0. The molecule has 0 nitrogen and oxygen atoms in total. The second kappa shape index (κ2) is 6.36. The van der Waals surface area contributed by atoms with E-state index in [9.17, 15) is 0 Å². The third-order valence-corrected chi connectivity index (χ3v) is 5.93. The van der Waals surface area contributed by atoms with Gasteiger partial charge in [0.2, 0.25) is 0 Å². The number of halogens is 1. The zero-order valence-corrected chi connectivity index (χ0v) is 17.1. The van der Waals surface area contributed by atoms with E-state index < -0.39 is 0 Å². The van der Waals surface area contributed by atoms with Gasteiger partial charge in [-0.05, 0) is 87.1 Å². The minimum Gasteiger partial charge on any atom is -0.0843 e. The molecule has 0 unspecified atom stereocenters. The molecule has 0 atom stereocenters. The first-order valence-corrected chi connectivity index (χ1v) is 10.0. The molecule has 0 saturated carbocycles. The lowest BCUT2D eigenvalue weighted by molar-refractivity contribution is 1.41. The maximum atomic E-state index is 6.40. The van der Waals surface area contributed by atoms with Crippen LogP contribution < -0.4 is 0 Å². The minimum atomic E-state index is 0.781. The van der Waals surface area contributed by atoms with Gasteiger partial charge in [-0.3, -0.25) is 0 Å². The summed E-state index contributed by atoms with van der Waals surface area (Å²) in [7, 11) is 0. The Bertz CT molecular complexity index is 1430. The standard InChI is InChI=1S/C27H21Cl/c1-16(2)14-25-17(3)24-15-18(28)12-13-23(24)26-21-10-6-4-8-19(21)20-9-5-7-11-22(20)27(25)26/h4-15H,1-3H3. The molecule has 5 aromatic rings. The highest BCUT2D eigenvalue weighted by Crippen LogP contribution is 2.43. The van der Waals surface area contributed by atoms with Gasteiger partial charge in [0.15, 0.2) is 0 Å². The summed E-state index contributed by atoms with van der Waals surface area (Å²) < 4.78 is 0. The second-order valence-electron chi connectivity index (χ2n) is 7.79. The van der Waals surface area contributed by atoms with Crippen molar-refractivity contribution in [2.45, 2.75) is 20.8 Å². The molecule has 0 radical (unpaired) electrons. The minimum absolute atomic E-state index is 0.781. The summed E-state index contributed by atoms with van der Waals surface area (Å²) in [6.45, 7) is 6.55. The molecule has 5 aromatic carbocycles. The van der Waals surface area contributed by atoms with Crippen LogP contribution in [-0.4, -0.2) is 0 Å². The first-order valence-electron chi connectivity index (χ1n) is 9.66. The molecule has 0 saturated heterocycles. The highest BCUT2D eigenvalue weighted by atomic mass is 35.5. The molecule has 0 spiro atoms.